The van der Waals surface area contributed by atoms with E-state index in [9.17, 15) is 19.1 Å². The van der Waals surface area contributed by atoms with Gasteiger partial charge in [-0.25, -0.2) is 0 Å². The summed E-state index contributed by atoms with van der Waals surface area (Å²) in [6.07, 6.45) is 0.897. The van der Waals surface area contributed by atoms with Crippen LogP contribution in [0.1, 0.15) is 25.3 Å². The summed E-state index contributed by atoms with van der Waals surface area (Å²) < 4.78 is 12.0. The number of nitrogens with two attached hydrogens (primary N) is 1. The number of carbonyl (C=O) groups excluding carboxylic acids is 1. The highest BCUT2D eigenvalue weighted by Gasteiger charge is 2.23. The Morgan fingerprint density at radius 2 is 1.95 bits per heavy atom. The van der Waals surface area contributed by atoms with Crippen molar-refractivity contribution in [3.05, 3.63) is 29.8 Å². The molecule has 0 radical (unpaired) electrons. The van der Waals surface area contributed by atoms with Crippen molar-refractivity contribution in [2.24, 2.45) is 11.7 Å². The second-order valence-electron chi connectivity index (χ2n) is 5.36. The van der Waals surface area contributed by atoms with Gasteiger partial charge in [0, 0.05) is 12.2 Å². The Morgan fingerprint density at radius 3 is 2.45 bits per heavy atom. The summed E-state index contributed by atoms with van der Waals surface area (Å²) in [4.78, 5) is 22.5. The van der Waals surface area contributed by atoms with Gasteiger partial charge in [0.1, 0.15) is 5.78 Å². The van der Waals surface area contributed by atoms with E-state index in [0.717, 1.165) is 11.3 Å². The predicted molar refractivity (Wildman–Crippen MR) is 83.6 cm³/mol. The molecule has 0 aromatic heterocycles. The lowest BCUT2D eigenvalue weighted by Crippen LogP contribution is -2.33. The number of Topliss-reactive ketones (excluding diaryl/α,β-unsaturated/α-hetero) is 1. The number of carboxylic acid groups (broad SMARTS) is 1. The fourth-order valence-electron chi connectivity index (χ4n) is 2.09. The summed E-state index contributed by atoms with van der Waals surface area (Å²) in [7, 11) is 0. The zero-order valence-corrected chi connectivity index (χ0v) is 12.7. The molecule has 0 aliphatic carbocycles. The van der Waals surface area contributed by atoms with Crippen molar-refractivity contribution in [3.8, 4) is 0 Å². The van der Waals surface area contributed by atoms with Gasteiger partial charge in [0.25, 0.3) is 0 Å². The molecule has 122 valence electrons. The van der Waals surface area contributed by atoms with Crippen molar-refractivity contribution < 1.29 is 19.1 Å². The second kappa shape index (κ2) is 9.15. The Balaban J connectivity index is 2.62. The number of carboxylic acids is 1. The van der Waals surface area contributed by atoms with Gasteiger partial charge in [-0.1, -0.05) is 12.1 Å². The first-order valence-electron chi connectivity index (χ1n) is 7.31. The van der Waals surface area contributed by atoms with Crippen LogP contribution < -0.4 is 11.1 Å². The smallest absolute Gasteiger partial charge is 0.306 e. The average Bonchev–Trinajstić information content (AvgIpc) is 2.48. The van der Waals surface area contributed by atoms with E-state index in [0.29, 0.717) is 19.4 Å². The van der Waals surface area contributed by atoms with Gasteiger partial charge in [-0.2, -0.15) is 0 Å². The van der Waals surface area contributed by atoms with Gasteiger partial charge >= 0.3 is 5.97 Å². The predicted octanol–water partition coefficient (Wildman–Crippen LogP) is 2.01. The minimum absolute atomic E-state index is 0.126. The standard InChI is InChI=1S/C16H23FN2O3/c1-11(20)15(18)10-13(16(21)22)9-12-3-5-14(6-4-12)19-8-2-7-17/h3-6,13,15,19H,2,7-10,18H2,1H3,(H,21,22)/t13?,15-/m0/s1. The number of aliphatic carboxylic acids is 1. The first-order valence-corrected chi connectivity index (χ1v) is 7.31. The summed E-state index contributed by atoms with van der Waals surface area (Å²) >= 11 is 0. The number of rotatable bonds is 10. The number of halogens is 1. The third-order valence-corrected chi connectivity index (χ3v) is 3.49. The summed E-state index contributed by atoms with van der Waals surface area (Å²) in [5.41, 5.74) is 7.37. The van der Waals surface area contributed by atoms with Gasteiger partial charge in [-0.15, -0.1) is 0 Å². The number of ketones is 1. The van der Waals surface area contributed by atoms with E-state index in [2.05, 4.69) is 5.32 Å². The molecule has 0 aliphatic heterocycles. The van der Waals surface area contributed by atoms with Crippen molar-refractivity contribution in [3.63, 3.8) is 0 Å². The molecule has 0 bridgehead atoms. The second-order valence-corrected chi connectivity index (χ2v) is 5.36. The molecule has 0 saturated carbocycles. The number of hydrogen-bond donors (Lipinski definition) is 3. The van der Waals surface area contributed by atoms with Crippen LogP contribution in [0.5, 0.6) is 0 Å². The minimum Gasteiger partial charge on any atom is -0.481 e. The summed E-state index contributed by atoms with van der Waals surface area (Å²) in [5, 5.41) is 12.3. The molecule has 0 saturated heterocycles. The maximum absolute atomic E-state index is 12.0. The normalized spacial score (nSPS) is 13.4. The van der Waals surface area contributed by atoms with E-state index in [4.69, 9.17) is 5.73 Å². The Bertz CT molecular complexity index is 491. The first-order chi connectivity index (χ1) is 10.4. The molecule has 0 spiro atoms. The van der Waals surface area contributed by atoms with Crippen LogP contribution >= 0.6 is 0 Å². The highest BCUT2D eigenvalue weighted by molar-refractivity contribution is 5.82. The zero-order valence-electron chi connectivity index (χ0n) is 12.7. The fraction of sp³-hybridized carbons (Fsp3) is 0.500. The van der Waals surface area contributed by atoms with E-state index >= 15 is 0 Å². The van der Waals surface area contributed by atoms with Gasteiger partial charge in [0.05, 0.1) is 18.6 Å². The maximum Gasteiger partial charge on any atom is 0.306 e. The van der Waals surface area contributed by atoms with Crippen LogP contribution in [0.3, 0.4) is 0 Å². The molecular weight excluding hydrogens is 287 g/mol. The molecule has 0 heterocycles. The van der Waals surface area contributed by atoms with Crippen LogP contribution in [0.25, 0.3) is 0 Å². The lowest BCUT2D eigenvalue weighted by atomic mass is 9.92. The van der Waals surface area contributed by atoms with Crippen LogP contribution in [0.4, 0.5) is 10.1 Å². The minimum atomic E-state index is -0.957. The molecule has 0 fully saturated rings. The Kier molecular flexibility index (Phi) is 7.52. The van der Waals surface area contributed by atoms with E-state index in [1.807, 2.05) is 24.3 Å². The molecule has 22 heavy (non-hydrogen) atoms. The summed E-state index contributed by atoms with van der Waals surface area (Å²) in [5.74, 6) is -1.86. The summed E-state index contributed by atoms with van der Waals surface area (Å²) in [6, 6.07) is 6.57. The number of hydrogen-bond acceptors (Lipinski definition) is 4. The van der Waals surface area contributed by atoms with Gasteiger partial charge in [0.15, 0.2) is 0 Å². The molecule has 4 N–H and O–H groups in total. The van der Waals surface area contributed by atoms with E-state index in [1.165, 1.54) is 6.92 Å². The lowest BCUT2D eigenvalue weighted by molar-refractivity contribution is -0.142. The maximum atomic E-state index is 12.0. The van der Waals surface area contributed by atoms with Crippen LogP contribution in [0.2, 0.25) is 0 Å². The van der Waals surface area contributed by atoms with Crippen molar-refractivity contribution >= 4 is 17.4 Å². The zero-order chi connectivity index (χ0) is 16.5. The highest BCUT2D eigenvalue weighted by atomic mass is 19.1. The molecule has 1 unspecified atom stereocenters. The number of alkyl halides is 1. The number of nitrogens with one attached hydrogen (secondary N) is 1. The third-order valence-electron chi connectivity index (χ3n) is 3.49. The van der Waals surface area contributed by atoms with Crippen molar-refractivity contribution in [1.29, 1.82) is 0 Å². The highest BCUT2D eigenvalue weighted by Crippen LogP contribution is 2.17. The topological polar surface area (TPSA) is 92.4 Å². The SMILES string of the molecule is CC(=O)[C@@H](N)CC(Cc1ccc(NCCCF)cc1)C(=O)O. The Hall–Kier alpha value is -1.95. The third kappa shape index (κ3) is 6.22. The van der Waals surface area contributed by atoms with Crippen molar-refractivity contribution in [2.75, 3.05) is 18.5 Å². The first kappa shape index (κ1) is 18.1. The molecule has 1 rings (SSSR count). The Morgan fingerprint density at radius 1 is 1.32 bits per heavy atom. The number of carbonyl (C=O) groups is 2. The monoisotopic (exact) mass is 310 g/mol. The fourth-order valence-corrected chi connectivity index (χ4v) is 2.09. The van der Waals surface area contributed by atoms with Crippen molar-refractivity contribution in [1.82, 2.24) is 0 Å². The molecule has 0 aliphatic rings. The van der Waals surface area contributed by atoms with Crippen LogP contribution in [-0.2, 0) is 16.0 Å². The largest absolute Gasteiger partial charge is 0.481 e. The molecule has 0 amide bonds. The lowest BCUT2D eigenvalue weighted by Gasteiger charge is -2.16. The molecule has 2 atom stereocenters. The average molecular weight is 310 g/mol. The van der Waals surface area contributed by atoms with E-state index in [1.54, 1.807) is 0 Å². The van der Waals surface area contributed by atoms with Crippen molar-refractivity contribution in [2.45, 2.75) is 32.2 Å². The number of anilines is 1. The van der Waals surface area contributed by atoms with Crippen LogP contribution in [-0.4, -0.2) is 36.1 Å². The van der Waals surface area contributed by atoms with Gasteiger partial charge in [-0.3, -0.25) is 14.0 Å². The van der Waals surface area contributed by atoms with Gasteiger partial charge < -0.3 is 16.2 Å². The van der Waals surface area contributed by atoms with Crippen LogP contribution in [0.15, 0.2) is 24.3 Å². The summed E-state index contributed by atoms with van der Waals surface area (Å²) in [6.45, 7) is 1.56. The molecule has 1 aromatic rings. The number of benzene rings is 1. The van der Waals surface area contributed by atoms with Crippen LogP contribution in [0, 0.1) is 5.92 Å². The molecule has 5 nitrogen and oxygen atoms in total. The molecule has 6 heteroatoms. The Labute approximate surface area is 129 Å². The molecule has 1 aromatic carbocycles. The van der Waals surface area contributed by atoms with Gasteiger partial charge in [0.2, 0.25) is 0 Å². The van der Waals surface area contributed by atoms with E-state index < -0.39 is 17.9 Å². The van der Waals surface area contributed by atoms with E-state index in [-0.39, 0.29) is 18.9 Å². The quantitative estimate of drug-likeness (QED) is 0.575. The van der Waals surface area contributed by atoms with Gasteiger partial charge in [-0.05, 0) is 43.9 Å². The molecular formula is C16H23FN2O3.